The molecule has 9 nitrogen and oxygen atoms in total. The third-order valence-electron chi connectivity index (χ3n) is 7.27. The van der Waals surface area contributed by atoms with Crippen LogP contribution in [0.4, 0.5) is 19.4 Å². The van der Waals surface area contributed by atoms with Crippen LogP contribution >= 0.6 is 11.8 Å². The van der Waals surface area contributed by atoms with Gasteiger partial charge in [-0.1, -0.05) is 0 Å². The van der Waals surface area contributed by atoms with Gasteiger partial charge in [0.15, 0.2) is 0 Å². The molecule has 0 radical (unpaired) electrons. The van der Waals surface area contributed by atoms with Crippen LogP contribution in [0.15, 0.2) is 34.0 Å². The van der Waals surface area contributed by atoms with Crippen LogP contribution in [0.3, 0.4) is 0 Å². The first-order valence-corrected chi connectivity index (χ1v) is 14.9. The fourth-order valence-corrected chi connectivity index (χ4v) is 6.69. The first-order valence-electron chi connectivity index (χ1n) is 14.0. The molecular weight excluding hydrogens is 566 g/mol. The SMILES string of the molecule is COCCO[C@H]1CSc2c(-c3ccc(F)cc3F)c(C)cc3c(N4CCN(C(=O)OC(C)(C)C)CC4)nc(=O)n(c23)C1. The molecule has 0 N–H and O–H groups in total. The summed E-state index contributed by atoms with van der Waals surface area (Å²) in [7, 11) is 1.59. The van der Waals surface area contributed by atoms with E-state index in [0.717, 1.165) is 21.9 Å². The number of hydrogen-bond acceptors (Lipinski definition) is 8. The molecule has 1 saturated heterocycles. The lowest BCUT2D eigenvalue weighted by molar-refractivity contribution is 0.0211. The number of benzene rings is 2. The molecule has 1 fully saturated rings. The molecule has 5 rings (SSSR count). The maximum absolute atomic E-state index is 15.2. The number of anilines is 1. The van der Waals surface area contributed by atoms with Gasteiger partial charge in [-0.15, -0.1) is 11.8 Å². The Morgan fingerprint density at radius 2 is 1.86 bits per heavy atom. The number of carbonyl (C=O) groups excluding carboxylic acids is 1. The third kappa shape index (κ3) is 6.25. The first kappa shape index (κ1) is 30.2. The second kappa shape index (κ2) is 12.2. The number of halogens is 2. The number of carbonyl (C=O) groups is 1. The zero-order valence-electron chi connectivity index (χ0n) is 24.5. The van der Waals surface area contributed by atoms with E-state index in [4.69, 9.17) is 14.2 Å². The van der Waals surface area contributed by atoms with Crippen molar-refractivity contribution in [2.45, 2.75) is 50.8 Å². The van der Waals surface area contributed by atoms with Gasteiger partial charge in [-0.3, -0.25) is 4.57 Å². The lowest BCUT2D eigenvalue weighted by atomic mass is 9.97. The van der Waals surface area contributed by atoms with Gasteiger partial charge in [-0.2, -0.15) is 4.98 Å². The van der Waals surface area contributed by atoms with Crippen LogP contribution in [0.5, 0.6) is 0 Å². The molecule has 0 spiro atoms. The average Bonchev–Trinajstić information content (AvgIpc) is 3.11. The minimum Gasteiger partial charge on any atom is -0.444 e. The summed E-state index contributed by atoms with van der Waals surface area (Å²) in [6.45, 7) is 10.2. The van der Waals surface area contributed by atoms with Crippen LogP contribution in [-0.2, 0) is 20.8 Å². The van der Waals surface area contributed by atoms with Crippen LogP contribution in [0.2, 0.25) is 0 Å². The van der Waals surface area contributed by atoms with Gasteiger partial charge in [0.2, 0.25) is 0 Å². The zero-order chi connectivity index (χ0) is 30.2. The molecule has 226 valence electrons. The molecule has 42 heavy (non-hydrogen) atoms. The minimum absolute atomic E-state index is 0.264. The monoisotopic (exact) mass is 602 g/mol. The van der Waals surface area contributed by atoms with E-state index in [1.54, 1.807) is 16.6 Å². The molecule has 3 aromatic rings. The molecule has 12 heteroatoms. The predicted molar refractivity (Wildman–Crippen MR) is 158 cm³/mol. The molecule has 1 atom stereocenters. The minimum atomic E-state index is -0.673. The van der Waals surface area contributed by atoms with E-state index in [9.17, 15) is 14.0 Å². The Bertz CT molecular complexity index is 1550. The van der Waals surface area contributed by atoms with E-state index in [-0.39, 0.29) is 24.3 Å². The summed E-state index contributed by atoms with van der Waals surface area (Å²) < 4.78 is 47.3. The Labute approximate surface area is 247 Å². The van der Waals surface area contributed by atoms with Crippen molar-refractivity contribution in [1.29, 1.82) is 0 Å². The number of rotatable bonds is 6. The summed E-state index contributed by atoms with van der Waals surface area (Å²) in [5.41, 5.74) is 1.26. The van der Waals surface area contributed by atoms with E-state index < -0.39 is 22.9 Å². The molecule has 1 amide bonds. The Hall–Kier alpha value is -3.22. The molecule has 2 aromatic carbocycles. The van der Waals surface area contributed by atoms with Crippen LogP contribution in [0.25, 0.3) is 22.0 Å². The molecule has 0 saturated carbocycles. The van der Waals surface area contributed by atoms with E-state index in [1.165, 1.54) is 23.9 Å². The van der Waals surface area contributed by atoms with Crippen molar-refractivity contribution in [2.75, 3.05) is 57.2 Å². The van der Waals surface area contributed by atoms with Crippen molar-refractivity contribution in [3.8, 4) is 11.1 Å². The number of hydrogen-bond donors (Lipinski definition) is 0. The third-order valence-corrected chi connectivity index (χ3v) is 8.49. The molecule has 0 aliphatic carbocycles. The number of thioether (sulfide) groups is 1. The summed E-state index contributed by atoms with van der Waals surface area (Å²) in [6.07, 6.45) is -0.684. The number of methoxy groups -OCH3 is 1. The molecule has 3 heterocycles. The summed E-state index contributed by atoms with van der Waals surface area (Å²) in [5, 5.41) is 0.754. The van der Waals surface area contributed by atoms with Crippen LogP contribution in [0.1, 0.15) is 26.3 Å². The van der Waals surface area contributed by atoms with E-state index >= 15 is 4.39 Å². The van der Waals surface area contributed by atoms with Gasteiger partial charge >= 0.3 is 11.8 Å². The lowest BCUT2D eigenvalue weighted by Gasteiger charge is -2.36. The van der Waals surface area contributed by atoms with Gasteiger partial charge < -0.3 is 24.0 Å². The summed E-state index contributed by atoms with van der Waals surface area (Å²) in [4.78, 5) is 35.2. The maximum atomic E-state index is 15.2. The lowest BCUT2D eigenvalue weighted by Crippen LogP contribution is -2.50. The van der Waals surface area contributed by atoms with Crippen molar-refractivity contribution in [3.63, 3.8) is 0 Å². The summed E-state index contributed by atoms with van der Waals surface area (Å²) >= 11 is 1.49. The highest BCUT2D eigenvalue weighted by atomic mass is 32.2. The van der Waals surface area contributed by atoms with Crippen molar-refractivity contribution < 1.29 is 27.8 Å². The Balaban J connectivity index is 1.59. The normalized spacial score (nSPS) is 17.5. The maximum Gasteiger partial charge on any atom is 0.410 e. The predicted octanol–water partition coefficient (Wildman–Crippen LogP) is 4.84. The number of amides is 1. The standard InChI is InChI=1S/C30H36F2N4O5S/c1-18-14-22-25-26(24(18)21-7-6-19(31)15-23(21)32)42-17-20(40-13-12-39-5)16-36(25)28(37)33-27(22)34-8-10-35(11-9-34)29(38)41-30(2,3)4/h6-7,14-15,20H,8-13,16-17H2,1-5H3/t20-/m1/s1. The molecule has 2 aliphatic rings. The smallest absolute Gasteiger partial charge is 0.410 e. The topological polar surface area (TPSA) is 86.1 Å². The number of aromatic nitrogens is 2. The molecule has 0 unspecified atom stereocenters. The van der Waals surface area contributed by atoms with Crippen LogP contribution in [0, 0.1) is 18.6 Å². The highest BCUT2D eigenvalue weighted by Crippen LogP contribution is 2.44. The largest absolute Gasteiger partial charge is 0.444 e. The quantitative estimate of drug-likeness (QED) is 0.371. The van der Waals surface area contributed by atoms with Gasteiger partial charge in [-0.05, 0) is 51.5 Å². The summed E-state index contributed by atoms with van der Waals surface area (Å²) in [5.74, 6) is -0.296. The van der Waals surface area contributed by atoms with Gasteiger partial charge in [0.05, 0.1) is 31.4 Å². The second-order valence-corrected chi connectivity index (χ2v) is 12.5. The van der Waals surface area contributed by atoms with Crippen molar-refractivity contribution >= 4 is 34.6 Å². The Kier molecular flexibility index (Phi) is 8.77. The number of aryl methyl sites for hydroxylation is 1. The molecule has 2 aliphatic heterocycles. The highest BCUT2D eigenvalue weighted by molar-refractivity contribution is 7.99. The van der Waals surface area contributed by atoms with Gasteiger partial charge in [-0.25, -0.2) is 18.4 Å². The highest BCUT2D eigenvalue weighted by Gasteiger charge is 2.31. The zero-order valence-corrected chi connectivity index (χ0v) is 25.4. The van der Waals surface area contributed by atoms with Crippen molar-refractivity contribution in [1.82, 2.24) is 14.5 Å². The fraction of sp³-hybridized carbons (Fsp3) is 0.500. The Morgan fingerprint density at radius 1 is 1.12 bits per heavy atom. The van der Waals surface area contributed by atoms with Crippen molar-refractivity contribution in [2.24, 2.45) is 0 Å². The van der Waals surface area contributed by atoms with Crippen LogP contribution in [-0.4, -0.2) is 84.5 Å². The van der Waals surface area contributed by atoms with Crippen LogP contribution < -0.4 is 10.6 Å². The van der Waals surface area contributed by atoms with E-state index in [2.05, 4.69) is 4.98 Å². The fourth-order valence-electron chi connectivity index (χ4n) is 5.36. The second-order valence-electron chi connectivity index (χ2n) is 11.5. The number of ether oxygens (including phenoxy) is 3. The average molecular weight is 603 g/mol. The first-order chi connectivity index (χ1) is 20.0. The Morgan fingerprint density at radius 3 is 2.52 bits per heavy atom. The molecule has 1 aromatic heterocycles. The number of nitrogens with zero attached hydrogens (tertiary/aromatic N) is 4. The summed E-state index contributed by atoms with van der Waals surface area (Å²) in [6, 6.07) is 5.47. The van der Waals surface area contributed by atoms with Gasteiger partial charge in [0, 0.05) is 66.5 Å². The van der Waals surface area contributed by atoms with Gasteiger partial charge in [0.25, 0.3) is 0 Å². The van der Waals surface area contributed by atoms with Crippen molar-refractivity contribution in [3.05, 3.63) is 51.9 Å². The molecular formula is C30H36F2N4O5S. The van der Waals surface area contributed by atoms with E-state index in [1.807, 2.05) is 38.7 Å². The molecule has 0 bridgehead atoms. The van der Waals surface area contributed by atoms with E-state index in [0.29, 0.717) is 62.0 Å². The van der Waals surface area contributed by atoms with Gasteiger partial charge in [0.1, 0.15) is 23.1 Å². The number of piperazine rings is 1.